The molecule has 2 rings (SSSR count). The van der Waals surface area contributed by atoms with Crippen LogP contribution in [0.3, 0.4) is 0 Å². The monoisotopic (exact) mass is 218 g/mol. The van der Waals surface area contributed by atoms with Crippen molar-refractivity contribution in [3.8, 4) is 0 Å². The van der Waals surface area contributed by atoms with E-state index in [-0.39, 0.29) is 0 Å². The van der Waals surface area contributed by atoms with Gasteiger partial charge in [0.15, 0.2) is 5.82 Å². The number of anilines is 1. The normalized spacial score (nSPS) is 14.2. The Kier molecular flexibility index (Phi) is 3.17. The van der Waals surface area contributed by atoms with Gasteiger partial charge in [-0.1, -0.05) is 0 Å². The highest BCUT2D eigenvalue weighted by Crippen LogP contribution is 2.25. The minimum atomic E-state index is 0.793. The minimum Gasteiger partial charge on any atom is -0.260 e. The first-order chi connectivity index (χ1) is 7.68. The quantitative estimate of drug-likeness (QED) is 0.613. The summed E-state index contributed by atoms with van der Waals surface area (Å²) in [6.07, 6.45) is 4.69. The lowest BCUT2D eigenvalue weighted by Crippen LogP contribution is -2.11. The fourth-order valence-corrected chi connectivity index (χ4v) is 2.00. The van der Waals surface area contributed by atoms with E-state index in [0.29, 0.717) is 0 Å². The molecular weight excluding hydrogens is 200 g/mol. The van der Waals surface area contributed by atoms with Crippen LogP contribution in [0, 0.1) is 6.92 Å². The molecule has 1 aliphatic rings. The van der Waals surface area contributed by atoms with Gasteiger partial charge in [-0.15, -0.1) is 5.10 Å². The van der Waals surface area contributed by atoms with Crippen molar-refractivity contribution in [2.75, 3.05) is 5.43 Å². The number of rotatable bonds is 2. The molecule has 1 aromatic heterocycles. The lowest BCUT2D eigenvalue weighted by molar-refractivity contribution is 0.651. The summed E-state index contributed by atoms with van der Waals surface area (Å²) >= 11 is 0. The molecule has 0 amide bonds. The zero-order valence-electron chi connectivity index (χ0n) is 10.2. The fourth-order valence-electron chi connectivity index (χ4n) is 2.00. The second kappa shape index (κ2) is 4.60. The topological polar surface area (TPSA) is 50.2 Å². The molecule has 0 saturated carbocycles. The molecule has 86 valence electrons. The highest BCUT2D eigenvalue weighted by atomic mass is 15.3. The van der Waals surface area contributed by atoms with Crippen molar-refractivity contribution in [2.45, 2.75) is 46.5 Å². The van der Waals surface area contributed by atoms with Crippen LogP contribution in [0.15, 0.2) is 5.10 Å². The Hall–Kier alpha value is -1.45. The van der Waals surface area contributed by atoms with Gasteiger partial charge in [0.1, 0.15) is 0 Å². The van der Waals surface area contributed by atoms with Gasteiger partial charge in [-0.25, -0.2) is 0 Å². The van der Waals surface area contributed by atoms with E-state index in [1.807, 2.05) is 13.8 Å². The molecule has 0 unspecified atom stereocenters. The Balaban J connectivity index is 2.30. The van der Waals surface area contributed by atoms with Crippen molar-refractivity contribution >= 4 is 11.5 Å². The van der Waals surface area contributed by atoms with Gasteiger partial charge in [-0.05, 0) is 52.0 Å². The summed E-state index contributed by atoms with van der Waals surface area (Å²) in [5, 5.41) is 12.6. The number of aryl methyl sites for hydroxylation is 1. The maximum atomic E-state index is 4.28. The summed E-state index contributed by atoms with van der Waals surface area (Å²) in [6, 6.07) is 0. The molecule has 0 bridgehead atoms. The molecule has 0 saturated heterocycles. The van der Waals surface area contributed by atoms with Crippen LogP contribution in [0.25, 0.3) is 0 Å². The predicted octanol–water partition coefficient (Wildman–Crippen LogP) is 2.47. The number of fused-ring (bicyclic) bond motifs is 1. The van der Waals surface area contributed by atoms with Crippen LogP contribution in [0.1, 0.15) is 43.5 Å². The molecule has 0 fully saturated rings. The maximum absolute atomic E-state index is 4.28. The number of hydrogen-bond acceptors (Lipinski definition) is 4. The van der Waals surface area contributed by atoms with Gasteiger partial charge in [0.05, 0.1) is 5.69 Å². The Bertz CT molecular complexity index is 419. The van der Waals surface area contributed by atoms with E-state index in [1.165, 1.54) is 29.7 Å². The lowest BCUT2D eigenvalue weighted by Gasteiger charge is -2.17. The van der Waals surface area contributed by atoms with Gasteiger partial charge in [0.2, 0.25) is 0 Å². The Morgan fingerprint density at radius 3 is 2.69 bits per heavy atom. The van der Waals surface area contributed by atoms with Gasteiger partial charge in [-0.2, -0.15) is 10.2 Å². The van der Waals surface area contributed by atoms with Gasteiger partial charge < -0.3 is 0 Å². The smallest absolute Gasteiger partial charge is 0.172 e. The Labute approximate surface area is 96.2 Å². The van der Waals surface area contributed by atoms with Crippen LogP contribution < -0.4 is 5.43 Å². The molecule has 0 aromatic carbocycles. The Morgan fingerprint density at radius 1 is 1.19 bits per heavy atom. The van der Waals surface area contributed by atoms with Gasteiger partial charge in [0.25, 0.3) is 0 Å². The van der Waals surface area contributed by atoms with Gasteiger partial charge in [-0.3, -0.25) is 5.43 Å². The van der Waals surface area contributed by atoms with E-state index in [0.717, 1.165) is 24.4 Å². The third-order valence-electron chi connectivity index (χ3n) is 2.90. The minimum absolute atomic E-state index is 0.793. The van der Waals surface area contributed by atoms with Crippen LogP contribution in [0.4, 0.5) is 5.82 Å². The molecule has 0 aliphatic heterocycles. The first-order valence-corrected chi connectivity index (χ1v) is 5.80. The van der Waals surface area contributed by atoms with E-state index < -0.39 is 0 Å². The number of nitrogens with one attached hydrogen (secondary N) is 1. The second-order valence-corrected chi connectivity index (χ2v) is 4.48. The highest BCUT2D eigenvalue weighted by molar-refractivity contribution is 5.79. The molecule has 1 heterocycles. The van der Waals surface area contributed by atoms with Crippen LogP contribution in [-0.2, 0) is 12.8 Å². The van der Waals surface area contributed by atoms with E-state index in [1.54, 1.807) is 0 Å². The molecule has 4 nitrogen and oxygen atoms in total. The molecule has 0 spiro atoms. The Morgan fingerprint density at radius 2 is 1.94 bits per heavy atom. The van der Waals surface area contributed by atoms with Crippen molar-refractivity contribution in [2.24, 2.45) is 5.10 Å². The molecule has 4 heteroatoms. The molecule has 1 aliphatic carbocycles. The highest BCUT2D eigenvalue weighted by Gasteiger charge is 2.16. The van der Waals surface area contributed by atoms with Crippen molar-refractivity contribution in [1.29, 1.82) is 0 Å². The van der Waals surface area contributed by atoms with E-state index in [4.69, 9.17) is 0 Å². The van der Waals surface area contributed by atoms with Crippen molar-refractivity contribution < 1.29 is 0 Å². The first-order valence-electron chi connectivity index (χ1n) is 5.80. The molecular formula is C12H18N4. The van der Waals surface area contributed by atoms with E-state index in [2.05, 4.69) is 27.6 Å². The third kappa shape index (κ3) is 2.21. The van der Waals surface area contributed by atoms with Gasteiger partial charge >= 0.3 is 0 Å². The summed E-state index contributed by atoms with van der Waals surface area (Å²) in [6.45, 7) is 6.00. The predicted molar refractivity (Wildman–Crippen MR) is 65.8 cm³/mol. The number of nitrogens with zero attached hydrogens (tertiary/aromatic N) is 3. The van der Waals surface area contributed by atoms with Gasteiger partial charge in [0, 0.05) is 11.3 Å². The molecule has 1 N–H and O–H groups in total. The average molecular weight is 218 g/mol. The van der Waals surface area contributed by atoms with Crippen LogP contribution in [0.5, 0.6) is 0 Å². The van der Waals surface area contributed by atoms with Crippen LogP contribution in [-0.4, -0.2) is 15.9 Å². The lowest BCUT2D eigenvalue weighted by atomic mass is 9.93. The zero-order valence-corrected chi connectivity index (χ0v) is 10.2. The summed E-state index contributed by atoms with van der Waals surface area (Å²) in [4.78, 5) is 0. The van der Waals surface area contributed by atoms with E-state index >= 15 is 0 Å². The molecule has 16 heavy (non-hydrogen) atoms. The second-order valence-electron chi connectivity index (χ2n) is 4.48. The summed E-state index contributed by atoms with van der Waals surface area (Å²) in [7, 11) is 0. The largest absolute Gasteiger partial charge is 0.260 e. The van der Waals surface area contributed by atoms with E-state index in [9.17, 15) is 0 Å². The number of aromatic nitrogens is 2. The summed E-state index contributed by atoms with van der Waals surface area (Å²) < 4.78 is 0. The summed E-state index contributed by atoms with van der Waals surface area (Å²) in [5.74, 6) is 0.793. The first kappa shape index (κ1) is 11.0. The summed E-state index contributed by atoms with van der Waals surface area (Å²) in [5.41, 5.74) is 7.71. The van der Waals surface area contributed by atoms with Crippen LogP contribution >= 0.6 is 0 Å². The number of hydrogen-bond donors (Lipinski definition) is 1. The third-order valence-corrected chi connectivity index (χ3v) is 2.90. The van der Waals surface area contributed by atoms with Crippen molar-refractivity contribution in [1.82, 2.24) is 10.2 Å². The zero-order chi connectivity index (χ0) is 11.5. The molecule has 1 aromatic rings. The maximum Gasteiger partial charge on any atom is 0.172 e. The van der Waals surface area contributed by atoms with Crippen molar-refractivity contribution in [3.63, 3.8) is 0 Å². The fraction of sp³-hybridized carbons (Fsp3) is 0.583. The van der Waals surface area contributed by atoms with Crippen molar-refractivity contribution in [3.05, 3.63) is 16.8 Å². The molecule has 0 atom stereocenters. The number of hydrazone groups is 1. The SMILES string of the molecule is CC(C)=NNc1nnc2c(c1C)CCCC2. The average Bonchev–Trinajstić information content (AvgIpc) is 2.28. The standard InChI is InChI=1S/C12H18N4/c1-8(2)13-15-12-9(3)10-6-4-5-7-11(10)14-16-12/h4-7H2,1-3H3,(H,15,16). The molecule has 0 radical (unpaired) electrons. The van der Waals surface area contributed by atoms with Crippen LogP contribution in [0.2, 0.25) is 0 Å².